The van der Waals surface area contributed by atoms with E-state index in [0.29, 0.717) is 16.3 Å². The summed E-state index contributed by atoms with van der Waals surface area (Å²) in [5.41, 5.74) is 0.633. The fraction of sp³-hybridized carbons (Fsp3) is 0.615. The van der Waals surface area contributed by atoms with E-state index in [-0.39, 0.29) is 18.3 Å². The Morgan fingerprint density at radius 3 is 2.74 bits per heavy atom. The quantitative estimate of drug-likeness (QED) is 0.907. The number of carbonyl (C=O) groups excluding carboxylic acids is 1. The summed E-state index contributed by atoms with van der Waals surface area (Å²) in [6.45, 7) is 4.90. The maximum absolute atomic E-state index is 12.5. The minimum atomic E-state index is 0. The van der Waals surface area contributed by atoms with Gasteiger partial charge in [0.1, 0.15) is 6.26 Å². The first-order valence-electron chi connectivity index (χ1n) is 6.48. The van der Waals surface area contributed by atoms with Crippen LogP contribution in [0.15, 0.2) is 21.4 Å². The van der Waals surface area contributed by atoms with Gasteiger partial charge in [0.05, 0.1) is 5.56 Å². The molecule has 0 unspecified atom stereocenters. The van der Waals surface area contributed by atoms with E-state index in [0.717, 1.165) is 38.9 Å². The molecule has 1 saturated heterocycles. The molecule has 19 heavy (non-hydrogen) atoms. The first-order chi connectivity index (χ1) is 8.72. The van der Waals surface area contributed by atoms with Crippen LogP contribution in [0.4, 0.5) is 0 Å². The van der Waals surface area contributed by atoms with Crippen LogP contribution in [-0.4, -0.2) is 36.5 Å². The van der Waals surface area contributed by atoms with Gasteiger partial charge in [-0.2, -0.15) is 0 Å². The van der Waals surface area contributed by atoms with Crippen molar-refractivity contribution in [2.45, 2.75) is 32.2 Å². The smallest absolute Gasteiger partial charge is 0.257 e. The number of nitrogens with one attached hydrogen (secondary N) is 1. The van der Waals surface area contributed by atoms with E-state index in [1.165, 1.54) is 6.26 Å². The fourth-order valence-electron chi connectivity index (χ4n) is 2.40. The Kier molecular flexibility index (Phi) is 6.89. The SMILES string of the molecule is CCCN(C(=O)c1coc(Br)c1)C1CCNCC1.Cl. The van der Waals surface area contributed by atoms with Gasteiger partial charge in [0.15, 0.2) is 4.67 Å². The van der Waals surface area contributed by atoms with Crippen LogP contribution >= 0.6 is 28.3 Å². The van der Waals surface area contributed by atoms with Crippen LogP contribution in [0.1, 0.15) is 36.5 Å². The van der Waals surface area contributed by atoms with Gasteiger partial charge in [0.25, 0.3) is 5.91 Å². The minimum Gasteiger partial charge on any atom is -0.457 e. The van der Waals surface area contributed by atoms with Crippen molar-refractivity contribution < 1.29 is 9.21 Å². The molecule has 1 N–H and O–H groups in total. The van der Waals surface area contributed by atoms with E-state index in [9.17, 15) is 4.79 Å². The molecule has 0 aliphatic carbocycles. The van der Waals surface area contributed by atoms with Crippen LogP contribution in [0.2, 0.25) is 0 Å². The van der Waals surface area contributed by atoms with Crippen LogP contribution in [0.5, 0.6) is 0 Å². The minimum absolute atomic E-state index is 0. The molecule has 1 aliphatic rings. The first kappa shape index (κ1) is 16.5. The Morgan fingerprint density at radius 2 is 2.21 bits per heavy atom. The number of amides is 1. The molecule has 0 atom stereocenters. The van der Waals surface area contributed by atoms with E-state index in [4.69, 9.17) is 4.42 Å². The molecule has 0 saturated carbocycles. The summed E-state index contributed by atoms with van der Waals surface area (Å²) in [4.78, 5) is 14.5. The molecule has 0 aromatic carbocycles. The average molecular weight is 352 g/mol. The normalized spacial score (nSPS) is 15.9. The molecule has 108 valence electrons. The monoisotopic (exact) mass is 350 g/mol. The highest BCUT2D eigenvalue weighted by Crippen LogP contribution is 2.20. The molecule has 1 aromatic rings. The number of furan rings is 1. The van der Waals surface area contributed by atoms with Gasteiger partial charge in [-0.1, -0.05) is 6.92 Å². The number of nitrogens with zero attached hydrogens (tertiary/aromatic N) is 1. The second-order valence-electron chi connectivity index (χ2n) is 4.62. The maximum Gasteiger partial charge on any atom is 0.257 e. The summed E-state index contributed by atoms with van der Waals surface area (Å²) in [5, 5.41) is 3.33. The zero-order chi connectivity index (χ0) is 13.0. The van der Waals surface area contributed by atoms with Crippen LogP contribution in [-0.2, 0) is 0 Å². The Labute approximate surface area is 128 Å². The Hall–Kier alpha value is -0.520. The topological polar surface area (TPSA) is 45.5 Å². The number of hydrogen-bond donors (Lipinski definition) is 1. The van der Waals surface area contributed by atoms with E-state index in [1.807, 2.05) is 4.90 Å². The summed E-state index contributed by atoms with van der Waals surface area (Å²) >= 11 is 3.24. The van der Waals surface area contributed by atoms with Crippen LogP contribution in [0, 0.1) is 0 Å². The van der Waals surface area contributed by atoms with Crippen molar-refractivity contribution in [3.63, 3.8) is 0 Å². The van der Waals surface area contributed by atoms with Crippen molar-refractivity contribution >= 4 is 34.2 Å². The highest BCUT2D eigenvalue weighted by Gasteiger charge is 2.26. The number of halogens is 2. The van der Waals surface area contributed by atoms with Crippen molar-refractivity contribution in [3.8, 4) is 0 Å². The van der Waals surface area contributed by atoms with Crippen molar-refractivity contribution in [1.82, 2.24) is 10.2 Å². The lowest BCUT2D eigenvalue weighted by Gasteiger charge is -2.34. The van der Waals surface area contributed by atoms with Crippen LogP contribution in [0.3, 0.4) is 0 Å². The second-order valence-corrected chi connectivity index (χ2v) is 5.40. The van der Waals surface area contributed by atoms with Gasteiger partial charge < -0.3 is 14.6 Å². The summed E-state index contributed by atoms with van der Waals surface area (Å²) in [7, 11) is 0. The Bertz CT molecular complexity index is 405. The third-order valence-corrected chi connectivity index (χ3v) is 3.71. The van der Waals surface area contributed by atoms with Gasteiger partial charge in [0.2, 0.25) is 0 Å². The fourth-order valence-corrected chi connectivity index (χ4v) is 2.74. The molecular weight excluding hydrogens is 332 g/mol. The van der Waals surface area contributed by atoms with Crippen molar-refractivity contribution in [3.05, 3.63) is 22.6 Å². The molecule has 4 nitrogen and oxygen atoms in total. The molecule has 2 rings (SSSR count). The predicted octanol–water partition coefficient (Wildman–Crippen LogP) is 3.07. The third-order valence-electron chi connectivity index (χ3n) is 3.29. The van der Waals surface area contributed by atoms with Crippen LogP contribution < -0.4 is 5.32 Å². The molecular formula is C13H20BrClN2O2. The molecule has 2 heterocycles. The molecule has 1 fully saturated rings. The second kappa shape index (κ2) is 7.92. The molecule has 1 aliphatic heterocycles. The molecule has 6 heteroatoms. The van der Waals surface area contributed by atoms with Gasteiger partial charge >= 0.3 is 0 Å². The highest BCUT2D eigenvalue weighted by atomic mass is 79.9. The number of rotatable bonds is 4. The van der Waals surface area contributed by atoms with E-state index in [2.05, 4.69) is 28.2 Å². The largest absolute Gasteiger partial charge is 0.457 e. The Balaban J connectivity index is 0.00000180. The standard InChI is InChI=1S/C13H19BrN2O2.ClH/c1-2-7-16(11-3-5-15-6-4-11)13(17)10-8-12(14)18-9-10;/h8-9,11,15H,2-7H2,1H3;1H. The summed E-state index contributed by atoms with van der Waals surface area (Å²) in [6.07, 6.45) is 4.57. The van der Waals surface area contributed by atoms with Gasteiger partial charge in [-0.3, -0.25) is 4.79 Å². The van der Waals surface area contributed by atoms with Gasteiger partial charge in [-0.25, -0.2) is 0 Å². The summed E-state index contributed by atoms with van der Waals surface area (Å²) in [6, 6.07) is 2.10. The predicted molar refractivity (Wildman–Crippen MR) is 80.9 cm³/mol. The van der Waals surface area contributed by atoms with E-state index in [1.54, 1.807) is 6.07 Å². The summed E-state index contributed by atoms with van der Waals surface area (Å²) < 4.78 is 5.76. The van der Waals surface area contributed by atoms with Gasteiger partial charge in [-0.15, -0.1) is 12.4 Å². The number of piperidine rings is 1. The molecule has 1 aromatic heterocycles. The Morgan fingerprint density at radius 1 is 1.53 bits per heavy atom. The van der Waals surface area contributed by atoms with E-state index < -0.39 is 0 Å². The van der Waals surface area contributed by atoms with Gasteiger partial charge in [0, 0.05) is 18.7 Å². The zero-order valence-corrected chi connectivity index (χ0v) is 13.4. The zero-order valence-electron chi connectivity index (χ0n) is 11.0. The molecule has 0 spiro atoms. The highest BCUT2D eigenvalue weighted by molar-refractivity contribution is 9.10. The lowest BCUT2D eigenvalue weighted by molar-refractivity contribution is 0.0642. The van der Waals surface area contributed by atoms with Crippen LogP contribution in [0.25, 0.3) is 0 Å². The van der Waals surface area contributed by atoms with E-state index >= 15 is 0 Å². The lowest BCUT2D eigenvalue weighted by atomic mass is 10.0. The number of hydrogen-bond acceptors (Lipinski definition) is 3. The molecule has 0 bridgehead atoms. The molecule has 0 radical (unpaired) electrons. The van der Waals surface area contributed by atoms with Crippen molar-refractivity contribution in [2.24, 2.45) is 0 Å². The van der Waals surface area contributed by atoms with Crippen molar-refractivity contribution in [1.29, 1.82) is 0 Å². The lowest BCUT2D eigenvalue weighted by Crippen LogP contribution is -2.46. The first-order valence-corrected chi connectivity index (χ1v) is 7.27. The summed E-state index contributed by atoms with van der Waals surface area (Å²) in [5.74, 6) is 0.0817. The van der Waals surface area contributed by atoms with Crippen molar-refractivity contribution in [2.75, 3.05) is 19.6 Å². The maximum atomic E-state index is 12.5. The third kappa shape index (κ3) is 4.23. The van der Waals surface area contributed by atoms with Gasteiger partial charge in [-0.05, 0) is 48.3 Å². The molecule has 1 amide bonds. The number of carbonyl (C=O) groups is 1. The average Bonchev–Trinajstić information content (AvgIpc) is 2.83.